The first-order valence-corrected chi connectivity index (χ1v) is 10.7. The summed E-state index contributed by atoms with van der Waals surface area (Å²) in [4.78, 5) is 20.2. The Morgan fingerprint density at radius 3 is 2.63 bits per heavy atom. The number of fused-ring (bicyclic) bond motifs is 3. The third-order valence-corrected chi connectivity index (χ3v) is 7.20. The van der Waals surface area contributed by atoms with Crippen molar-refractivity contribution in [1.29, 1.82) is 0 Å². The summed E-state index contributed by atoms with van der Waals surface area (Å²) < 4.78 is 2.52. The second-order valence-corrected chi connectivity index (χ2v) is 10.2. The van der Waals surface area contributed by atoms with Crippen molar-refractivity contribution in [2.24, 2.45) is 17.2 Å². The van der Waals surface area contributed by atoms with Crippen LogP contribution in [-0.2, 0) is 12.8 Å². The van der Waals surface area contributed by atoms with Crippen molar-refractivity contribution < 1.29 is 0 Å². The third kappa shape index (κ3) is 3.22. The number of aromatic nitrogens is 2. The van der Waals surface area contributed by atoms with E-state index in [-0.39, 0.29) is 11.0 Å². The molecule has 0 saturated heterocycles. The fraction of sp³-hybridized carbons (Fsp3) is 0.400. The highest BCUT2D eigenvalue weighted by molar-refractivity contribution is 9.10. The molecule has 0 spiro atoms. The number of hydrogen-bond donors (Lipinski definition) is 2. The van der Waals surface area contributed by atoms with Gasteiger partial charge in [-0.1, -0.05) is 36.7 Å². The van der Waals surface area contributed by atoms with E-state index in [9.17, 15) is 4.79 Å². The number of hydrogen-bond acceptors (Lipinski definition) is 5. The molecule has 3 aromatic rings. The molecule has 7 heteroatoms. The molecule has 0 fully saturated rings. The van der Waals surface area contributed by atoms with Crippen LogP contribution in [0, 0.1) is 11.3 Å². The minimum Gasteiger partial charge on any atom is -0.293 e. The zero-order valence-electron chi connectivity index (χ0n) is 15.7. The van der Waals surface area contributed by atoms with Crippen LogP contribution in [0.5, 0.6) is 0 Å². The van der Waals surface area contributed by atoms with Gasteiger partial charge in [-0.3, -0.25) is 10.2 Å². The monoisotopic (exact) mass is 446 g/mol. The lowest BCUT2D eigenvalue weighted by Gasteiger charge is -2.33. The van der Waals surface area contributed by atoms with E-state index in [2.05, 4.69) is 47.1 Å². The number of anilines is 1. The van der Waals surface area contributed by atoms with E-state index >= 15 is 0 Å². The number of nitrogen functional groups attached to an aromatic ring is 1. The van der Waals surface area contributed by atoms with Crippen LogP contribution in [0.15, 0.2) is 33.5 Å². The summed E-state index contributed by atoms with van der Waals surface area (Å²) in [5.41, 5.74) is 4.74. The first kappa shape index (κ1) is 18.7. The van der Waals surface area contributed by atoms with Gasteiger partial charge in [-0.15, -0.1) is 11.3 Å². The summed E-state index contributed by atoms with van der Waals surface area (Å²) in [6.45, 7) is 6.89. The predicted octanol–water partition coefficient (Wildman–Crippen LogP) is 4.65. The van der Waals surface area contributed by atoms with Crippen LogP contribution in [0.2, 0.25) is 0 Å². The highest BCUT2D eigenvalue weighted by Gasteiger charge is 2.32. The number of hydrazine groups is 1. The van der Waals surface area contributed by atoms with E-state index in [1.807, 2.05) is 24.3 Å². The van der Waals surface area contributed by atoms with Gasteiger partial charge in [-0.2, -0.15) is 0 Å². The van der Waals surface area contributed by atoms with Crippen LogP contribution >= 0.6 is 27.3 Å². The number of aryl methyl sites for hydroxylation is 1. The SMILES string of the molecule is CC(C)(C)C1CCc2c(sc3nc(NN)n(-c4ccc(Br)cc4)c(=O)c23)C1. The average Bonchev–Trinajstić information content (AvgIpc) is 2.99. The van der Waals surface area contributed by atoms with Crippen LogP contribution in [0.25, 0.3) is 15.9 Å². The van der Waals surface area contributed by atoms with E-state index in [0.717, 1.165) is 39.6 Å². The van der Waals surface area contributed by atoms with Gasteiger partial charge >= 0.3 is 0 Å². The Balaban J connectivity index is 1.91. The second-order valence-electron chi connectivity index (χ2n) is 8.19. The minimum atomic E-state index is -0.0537. The molecule has 3 N–H and O–H groups in total. The third-order valence-electron chi connectivity index (χ3n) is 5.52. The van der Waals surface area contributed by atoms with Crippen molar-refractivity contribution >= 4 is 43.4 Å². The van der Waals surface area contributed by atoms with Gasteiger partial charge in [0.1, 0.15) is 4.83 Å². The normalized spacial score (nSPS) is 17.1. The van der Waals surface area contributed by atoms with Crippen LogP contribution in [-0.4, -0.2) is 9.55 Å². The zero-order valence-corrected chi connectivity index (χ0v) is 18.1. The summed E-state index contributed by atoms with van der Waals surface area (Å²) in [6.07, 6.45) is 3.06. The quantitative estimate of drug-likeness (QED) is 0.443. The van der Waals surface area contributed by atoms with Crippen molar-refractivity contribution in [3.8, 4) is 5.69 Å². The van der Waals surface area contributed by atoms with E-state index in [4.69, 9.17) is 5.84 Å². The highest BCUT2D eigenvalue weighted by Crippen LogP contribution is 2.42. The van der Waals surface area contributed by atoms with E-state index in [1.165, 1.54) is 10.4 Å². The van der Waals surface area contributed by atoms with E-state index in [1.54, 1.807) is 15.9 Å². The average molecular weight is 447 g/mol. The molecule has 1 aromatic carbocycles. The molecule has 1 aliphatic carbocycles. The lowest BCUT2D eigenvalue weighted by atomic mass is 9.72. The van der Waals surface area contributed by atoms with Crippen molar-refractivity contribution in [1.82, 2.24) is 9.55 Å². The van der Waals surface area contributed by atoms with Crippen molar-refractivity contribution in [3.05, 3.63) is 49.5 Å². The number of benzene rings is 1. The molecular formula is C20H23BrN4OS. The van der Waals surface area contributed by atoms with Gasteiger partial charge in [0.15, 0.2) is 0 Å². The summed E-state index contributed by atoms with van der Waals surface area (Å²) in [7, 11) is 0. The maximum Gasteiger partial charge on any atom is 0.268 e. The molecular weight excluding hydrogens is 424 g/mol. The first-order chi connectivity index (χ1) is 12.8. The molecule has 1 unspecified atom stereocenters. The van der Waals surface area contributed by atoms with Crippen LogP contribution in [0.4, 0.5) is 5.95 Å². The smallest absolute Gasteiger partial charge is 0.268 e. The lowest BCUT2D eigenvalue weighted by Crippen LogP contribution is -2.28. The predicted molar refractivity (Wildman–Crippen MR) is 116 cm³/mol. The minimum absolute atomic E-state index is 0.0537. The molecule has 1 atom stereocenters. The Hall–Kier alpha value is -1.70. The van der Waals surface area contributed by atoms with E-state index in [0.29, 0.717) is 11.9 Å². The molecule has 0 radical (unpaired) electrons. The molecule has 0 amide bonds. The van der Waals surface area contributed by atoms with Crippen LogP contribution in [0.3, 0.4) is 0 Å². The summed E-state index contributed by atoms with van der Waals surface area (Å²) in [5.74, 6) is 6.69. The molecule has 2 aromatic heterocycles. The highest BCUT2D eigenvalue weighted by atomic mass is 79.9. The van der Waals surface area contributed by atoms with Gasteiger partial charge < -0.3 is 0 Å². The van der Waals surface area contributed by atoms with Crippen LogP contribution in [0.1, 0.15) is 37.6 Å². The van der Waals surface area contributed by atoms with Gasteiger partial charge in [-0.05, 0) is 60.4 Å². The Bertz CT molecular complexity index is 1060. The Morgan fingerprint density at radius 1 is 1.30 bits per heavy atom. The molecule has 2 heterocycles. The number of halogens is 1. The summed E-state index contributed by atoms with van der Waals surface area (Å²) >= 11 is 5.08. The van der Waals surface area contributed by atoms with Gasteiger partial charge in [0.05, 0.1) is 11.1 Å². The number of rotatable bonds is 2. The topological polar surface area (TPSA) is 72.9 Å². The molecule has 142 valence electrons. The molecule has 0 aliphatic heterocycles. The van der Waals surface area contributed by atoms with Gasteiger partial charge in [0.2, 0.25) is 5.95 Å². The number of nitrogens with zero attached hydrogens (tertiary/aromatic N) is 2. The summed E-state index contributed by atoms with van der Waals surface area (Å²) in [6, 6.07) is 7.58. The standard InChI is InChI=1S/C20H23BrN4OS/c1-20(2,3)11-4-9-14-15(10-11)27-17-16(14)18(26)25(19(23-17)24-22)13-7-5-12(21)6-8-13/h5-8,11H,4,9-10,22H2,1-3H3,(H,23,24). The van der Waals surface area contributed by atoms with Gasteiger partial charge in [0.25, 0.3) is 5.56 Å². The number of nitrogens with two attached hydrogens (primary N) is 1. The van der Waals surface area contributed by atoms with Gasteiger partial charge in [-0.25, -0.2) is 15.4 Å². The van der Waals surface area contributed by atoms with Crippen LogP contribution < -0.4 is 16.8 Å². The Labute approximate surface area is 170 Å². The molecule has 5 nitrogen and oxygen atoms in total. The Morgan fingerprint density at radius 2 is 2.00 bits per heavy atom. The molecule has 27 heavy (non-hydrogen) atoms. The van der Waals surface area contributed by atoms with Crippen molar-refractivity contribution in [3.63, 3.8) is 0 Å². The Kier molecular flexibility index (Phi) is 4.64. The maximum absolute atomic E-state index is 13.4. The number of thiophene rings is 1. The maximum atomic E-state index is 13.4. The molecule has 0 bridgehead atoms. The molecule has 4 rings (SSSR count). The van der Waals surface area contributed by atoms with E-state index < -0.39 is 0 Å². The zero-order chi connectivity index (χ0) is 19.3. The van der Waals surface area contributed by atoms with Crippen molar-refractivity contribution in [2.75, 3.05) is 5.43 Å². The van der Waals surface area contributed by atoms with Gasteiger partial charge in [0, 0.05) is 9.35 Å². The fourth-order valence-electron chi connectivity index (χ4n) is 3.89. The largest absolute Gasteiger partial charge is 0.293 e. The molecule has 1 aliphatic rings. The van der Waals surface area contributed by atoms with Crippen molar-refractivity contribution in [2.45, 2.75) is 40.0 Å². The second kappa shape index (κ2) is 6.72. The molecule has 0 saturated carbocycles. The summed E-state index contributed by atoms with van der Waals surface area (Å²) in [5, 5.41) is 0.754. The first-order valence-electron chi connectivity index (χ1n) is 9.09. The fourth-order valence-corrected chi connectivity index (χ4v) is 5.44. The lowest BCUT2D eigenvalue weighted by molar-refractivity contribution is 0.218. The number of nitrogens with one attached hydrogen (secondary N) is 1.